The molecule has 14 heteroatoms. The van der Waals surface area contributed by atoms with Crippen molar-refractivity contribution < 1.29 is 28.2 Å². The zero-order valence-corrected chi connectivity index (χ0v) is 24.8. The Morgan fingerprint density at radius 3 is 2.86 bits per heavy atom. The molecule has 0 spiro atoms. The Balaban J connectivity index is 1.38. The van der Waals surface area contributed by atoms with E-state index in [1.165, 1.54) is 36.3 Å². The molecule has 1 aliphatic heterocycles. The molecule has 2 bridgehead atoms. The third kappa shape index (κ3) is 7.06. The molecule has 0 aliphatic carbocycles. The number of hydrogen-bond acceptors (Lipinski definition) is 7. The number of aromatic amines is 1. The molecule has 0 saturated carbocycles. The minimum Gasteiger partial charge on any atom is -0.447 e. The number of H-pyrrole nitrogens is 1. The Kier molecular flexibility index (Phi) is 9.56. The van der Waals surface area contributed by atoms with Crippen LogP contribution in [0.25, 0.3) is 16.9 Å². The van der Waals surface area contributed by atoms with Crippen molar-refractivity contribution in [1.82, 2.24) is 25.1 Å². The van der Waals surface area contributed by atoms with E-state index in [1.807, 2.05) is 6.92 Å². The topological polar surface area (TPSA) is 152 Å². The van der Waals surface area contributed by atoms with Crippen LogP contribution in [0.5, 0.6) is 0 Å². The second-order valence-electron chi connectivity index (χ2n) is 10.3. The predicted octanol–water partition coefficient (Wildman–Crippen LogP) is 5.48. The van der Waals surface area contributed by atoms with Crippen LogP contribution in [0.15, 0.2) is 55.0 Å². The standard InChI is InChI=1S/C30H31ClFN7O5/c1-17-5-3-7-22(37-29(41)18-14-34-39(16-18)25-8-4-6-21(31)26(25)32)27-33-15-24(36-27)20-10-9-19(13-23(20)38-28(17)40)35-30(42)44-12-11-43-2/h4,6,8-10,13-17,22H,3,5,7,11-12H2,1-2H3,(H,33,36)(H,35,42)(H,37,41)(H,38,40)/t17-,22+/m1/s1. The summed E-state index contributed by atoms with van der Waals surface area (Å²) in [6.45, 7) is 2.19. The number of fused-ring (bicyclic) bond motifs is 4. The predicted molar refractivity (Wildman–Crippen MR) is 161 cm³/mol. The zero-order chi connectivity index (χ0) is 31.2. The number of benzene rings is 2. The third-order valence-corrected chi connectivity index (χ3v) is 7.45. The molecule has 4 aromatic rings. The van der Waals surface area contributed by atoms with Gasteiger partial charge in [0.1, 0.15) is 18.1 Å². The first-order valence-corrected chi connectivity index (χ1v) is 14.3. The van der Waals surface area contributed by atoms with Gasteiger partial charge in [0, 0.05) is 36.7 Å². The SMILES string of the molecule is COCCOC(=O)Nc1ccc2c(c1)NC(=O)[C@H](C)CCC[C@H](NC(=O)c1cnn(-c3cccc(Cl)c3F)c1)c1nc-2c[nH]1. The van der Waals surface area contributed by atoms with Gasteiger partial charge in [-0.15, -0.1) is 0 Å². The van der Waals surface area contributed by atoms with Crippen LogP contribution < -0.4 is 16.0 Å². The summed E-state index contributed by atoms with van der Waals surface area (Å²) in [6.07, 6.45) is 5.48. The number of aromatic nitrogens is 4. The molecule has 0 fully saturated rings. The summed E-state index contributed by atoms with van der Waals surface area (Å²) in [5.74, 6) is -1.07. The average Bonchev–Trinajstić information content (AvgIpc) is 3.69. The lowest BCUT2D eigenvalue weighted by Crippen LogP contribution is -2.29. The van der Waals surface area contributed by atoms with Crippen LogP contribution in [0.4, 0.5) is 20.6 Å². The summed E-state index contributed by atoms with van der Waals surface area (Å²) in [5.41, 5.74) is 2.36. The lowest BCUT2D eigenvalue weighted by molar-refractivity contribution is -0.119. The maximum Gasteiger partial charge on any atom is 0.411 e. The second-order valence-corrected chi connectivity index (χ2v) is 10.7. The van der Waals surface area contributed by atoms with Gasteiger partial charge in [-0.1, -0.05) is 31.0 Å². The van der Waals surface area contributed by atoms with Crippen molar-refractivity contribution in [3.05, 3.63) is 77.2 Å². The monoisotopic (exact) mass is 623 g/mol. The minimum atomic E-state index is -0.654. The number of amides is 3. The summed E-state index contributed by atoms with van der Waals surface area (Å²) < 4.78 is 25.7. The Hall–Kier alpha value is -4.75. The van der Waals surface area contributed by atoms with E-state index in [4.69, 9.17) is 26.1 Å². The van der Waals surface area contributed by atoms with Crippen molar-refractivity contribution in [2.75, 3.05) is 31.0 Å². The Morgan fingerprint density at radius 1 is 1.20 bits per heavy atom. The molecule has 3 heterocycles. The lowest BCUT2D eigenvalue weighted by atomic mass is 9.99. The number of halogens is 2. The quantitative estimate of drug-likeness (QED) is 0.199. The maximum atomic E-state index is 14.5. The van der Waals surface area contributed by atoms with Crippen LogP contribution in [0.2, 0.25) is 5.02 Å². The number of nitrogens with one attached hydrogen (secondary N) is 4. The van der Waals surface area contributed by atoms with Gasteiger partial charge in [-0.3, -0.25) is 14.9 Å². The Morgan fingerprint density at radius 2 is 2.05 bits per heavy atom. The molecule has 3 amide bonds. The fourth-order valence-corrected chi connectivity index (χ4v) is 4.92. The van der Waals surface area contributed by atoms with Gasteiger partial charge in [0.2, 0.25) is 5.91 Å². The van der Waals surface area contributed by atoms with Crippen LogP contribution in [-0.4, -0.2) is 58.0 Å². The number of ether oxygens (including phenoxy) is 2. The summed E-state index contributed by atoms with van der Waals surface area (Å²) in [5, 5.41) is 12.7. The highest BCUT2D eigenvalue weighted by molar-refractivity contribution is 6.30. The highest BCUT2D eigenvalue weighted by Crippen LogP contribution is 2.33. The van der Waals surface area contributed by atoms with Gasteiger partial charge < -0.3 is 25.1 Å². The highest BCUT2D eigenvalue weighted by Gasteiger charge is 2.24. The molecule has 1 aliphatic rings. The molecule has 5 rings (SSSR count). The number of carbonyl (C=O) groups is 3. The highest BCUT2D eigenvalue weighted by atomic mass is 35.5. The number of nitrogens with zero attached hydrogens (tertiary/aromatic N) is 3. The largest absolute Gasteiger partial charge is 0.447 e. The van der Waals surface area contributed by atoms with Crippen LogP contribution in [0, 0.1) is 11.7 Å². The van der Waals surface area contributed by atoms with E-state index in [0.29, 0.717) is 47.7 Å². The number of hydrogen-bond donors (Lipinski definition) is 4. The van der Waals surface area contributed by atoms with Gasteiger partial charge in [-0.05, 0) is 43.2 Å². The lowest BCUT2D eigenvalue weighted by Gasteiger charge is -2.19. The molecule has 2 aromatic carbocycles. The molecule has 2 aromatic heterocycles. The molecule has 0 radical (unpaired) electrons. The van der Waals surface area contributed by atoms with Gasteiger partial charge in [0.25, 0.3) is 5.91 Å². The first-order chi connectivity index (χ1) is 21.2. The maximum absolute atomic E-state index is 14.5. The molecule has 4 N–H and O–H groups in total. The normalized spacial score (nSPS) is 16.6. The molecular formula is C30H31ClFN7O5. The smallest absolute Gasteiger partial charge is 0.411 e. The van der Waals surface area contributed by atoms with E-state index in [9.17, 15) is 18.8 Å². The van der Waals surface area contributed by atoms with E-state index in [-0.39, 0.29) is 41.3 Å². The zero-order valence-electron chi connectivity index (χ0n) is 24.0. The first kappa shape index (κ1) is 30.7. The number of imidazole rings is 1. The fourth-order valence-electron chi connectivity index (χ4n) is 4.75. The van der Waals surface area contributed by atoms with Crippen molar-refractivity contribution in [2.45, 2.75) is 32.2 Å². The van der Waals surface area contributed by atoms with E-state index >= 15 is 0 Å². The van der Waals surface area contributed by atoms with Gasteiger partial charge in [-0.2, -0.15) is 5.10 Å². The van der Waals surface area contributed by atoms with E-state index in [2.05, 4.69) is 26.0 Å². The van der Waals surface area contributed by atoms with Crippen molar-refractivity contribution in [2.24, 2.45) is 5.92 Å². The summed E-state index contributed by atoms with van der Waals surface area (Å²) in [7, 11) is 1.51. The van der Waals surface area contributed by atoms with Gasteiger partial charge >= 0.3 is 6.09 Å². The molecule has 44 heavy (non-hydrogen) atoms. The molecular weight excluding hydrogens is 593 g/mol. The number of rotatable bonds is 7. The first-order valence-electron chi connectivity index (χ1n) is 14.0. The second kappa shape index (κ2) is 13.7. The summed E-state index contributed by atoms with van der Waals surface area (Å²) >= 11 is 5.90. The molecule has 12 nitrogen and oxygen atoms in total. The van der Waals surface area contributed by atoms with E-state index < -0.39 is 23.9 Å². The third-order valence-electron chi connectivity index (χ3n) is 7.15. The fraction of sp³-hybridized carbons (Fsp3) is 0.300. The van der Waals surface area contributed by atoms with Crippen LogP contribution in [0.1, 0.15) is 48.4 Å². The van der Waals surface area contributed by atoms with Crippen molar-refractivity contribution >= 4 is 40.9 Å². The van der Waals surface area contributed by atoms with Crippen LogP contribution in [-0.2, 0) is 14.3 Å². The Bertz CT molecular complexity index is 1670. The summed E-state index contributed by atoms with van der Waals surface area (Å²) in [6, 6.07) is 9.06. The van der Waals surface area contributed by atoms with Gasteiger partial charge in [-0.25, -0.2) is 18.9 Å². The molecule has 230 valence electrons. The van der Waals surface area contributed by atoms with Crippen LogP contribution >= 0.6 is 11.6 Å². The molecule has 0 unspecified atom stereocenters. The van der Waals surface area contributed by atoms with Crippen LogP contribution in [0.3, 0.4) is 0 Å². The van der Waals surface area contributed by atoms with Crippen molar-refractivity contribution in [3.63, 3.8) is 0 Å². The number of carbonyl (C=O) groups excluding carboxylic acids is 3. The average molecular weight is 624 g/mol. The van der Waals surface area contributed by atoms with Crippen molar-refractivity contribution in [1.29, 1.82) is 0 Å². The molecule has 0 saturated heterocycles. The van der Waals surface area contributed by atoms with E-state index in [1.54, 1.807) is 30.5 Å². The summed E-state index contributed by atoms with van der Waals surface area (Å²) in [4.78, 5) is 46.4. The Labute approximate surface area is 257 Å². The van der Waals surface area contributed by atoms with Gasteiger partial charge in [0.05, 0.1) is 40.8 Å². The van der Waals surface area contributed by atoms with E-state index in [0.717, 1.165) is 0 Å². The molecule has 2 atom stereocenters. The number of methoxy groups -OCH3 is 1. The van der Waals surface area contributed by atoms with Gasteiger partial charge in [0.15, 0.2) is 5.82 Å². The number of anilines is 2. The van der Waals surface area contributed by atoms with Crippen molar-refractivity contribution in [3.8, 4) is 16.9 Å². The minimum absolute atomic E-state index is 0.0525.